The van der Waals surface area contributed by atoms with E-state index in [0.717, 1.165) is 11.1 Å². The monoisotopic (exact) mass is 462 g/mol. The standard InChI is InChI=1S/C7H8BO3.C7H7BO3.C3H9N.Ru/c2*1-6-2-4-7(5-3-6)11-8(9)10;1-4(2)3;/h2-5,9H,1H3;2-5H,1H3;1-3H3;/q-1;-2;;+3. The summed E-state index contributed by atoms with van der Waals surface area (Å²) in [5.41, 5.74) is 2.14. The molecule has 147 valence electrons. The van der Waals surface area contributed by atoms with Crippen molar-refractivity contribution in [3.05, 3.63) is 59.7 Å². The fraction of sp³-hybridized carbons (Fsp3) is 0.294. The molecule has 0 aromatic heterocycles. The molecule has 0 amide bonds. The van der Waals surface area contributed by atoms with E-state index in [1.165, 1.54) is 0 Å². The van der Waals surface area contributed by atoms with Crippen molar-refractivity contribution in [3.8, 4) is 11.5 Å². The molecule has 1 radical (unpaired) electrons. The summed E-state index contributed by atoms with van der Waals surface area (Å²) in [6.45, 7) is 3.84. The van der Waals surface area contributed by atoms with Gasteiger partial charge in [-0.05, 0) is 59.3 Å². The van der Waals surface area contributed by atoms with Crippen molar-refractivity contribution >= 4 is 14.6 Å². The van der Waals surface area contributed by atoms with Gasteiger partial charge in [0, 0.05) is 0 Å². The molecule has 2 rings (SSSR count). The zero-order valence-electron chi connectivity index (χ0n) is 16.1. The number of aryl methyl sites for hydroxylation is 2. The molecule has 0 unspecified atom stereocenters. The average Bonchev–Trinajstić information content (AvgIpc) is 2.51. The molecule has 1 N–H and O–H groups in total. The minimum atomic E-state index is -2.24. The van der Waals surface area contributed by atoms with Crippen LogP contribution in [-0.4, -0.2) is 45.7 Å². The first-order chi connectivity index (χ1) is 12.1. The van der Waals surface area contributed by atoms with Crippen molar-refractivity contribution in [1.29, 1.82) is 0 Å². The smallest absolute Gasteiger partial charge is 0.860 e. The number of benzene rings is 2. The minimum absolute atomic E-state index is 0. The van der Waals surface area contributed by atoms with E-state index in [0.29, 0.717) is 11.5 Å². The van der Waals surface area contributed by atoms with Gasteiger partial charge in [0.1, 0.15) is 7.32 Å². The first kappa shape index (κ1) is 27.8. The number of hydrogen-bond acceptors (Lipinski definition) is 7. The van der Waals surface area contributed by atoms with Gasteiger partial charge in [0.15, 0.2) is 0 Å². The number of nitrogens with zero attached hydrogens (tertiary/aromatic N) is 1. The van der Waals surface area contributed by atoms with Crippen LogP contribution in [0.25, 0.3) is 0 Å². The molecule has 2 aromatic rings. The second-order valence-corrected chi connectivity index (χ2v) is 5.80. The molecule has 0 saturated carbocycles. The third-order valence-electron chi connectivity index (χ3n) is 2.51. The summed E-state index contributed by atoms with van der Waals surface area (Å²) in [5, 5.41) is 38.4. The summed E-state index contributed by atoms with van der Waals surface area (Å²) < 4.78 is 8.83. The van der Waals surface area contributed by atoms with Gasteiger partial charge in [-0.25, -0.2) is 0 Å². The minimum Gasteiger partial charge on any atom is -0.860 e. The van der Waals surface area contributed by atoms with Crippen molar-refractivity contribution in [2.75, 3.05) is 21.1 Å². The normalized spacial score (nSPS) is 8.96. The maximum Gasteiger partial charge on any atom is 3.00 e. The molecule has 0 aliphatic rings. The first-order valence-corrected chi connectivity index (χ1v) is 7.83. The number of hydrogen-bond donors (Lipinski definition) is 1. The Hall–Kier alpha value is -1.41. The Balaban J connectivity index is 0. The van der Waals surface area contributed by atoms with Crippen LogP contribution in [0.2, 0.25) is 0 Å². The van der Waals surface area contributed by atoms with Crippen LogP contribution in [0.4, 0.5) is 0 Å². The van der Waals surface area contributed by atoms with Gasteiger partial charge in [0.25, 0.3) is 0 Å². The maximum atomic E-state index is 10.1. The first-order valence-electron chi connectivity index (χ1n) is 7.83. The van der Waals surface area contributed by atoms with Gasteiger partial charge in [0.2, 0.25) is 0 Å². The van der Waals surface area contributed by atoms with Crippen molar-refractivity contribution in [2.24, 2.45) is 0 Å². The second kappa shape index (κ2) is 15.6. The van der Waals surface area contributed by atoms with E-state index >= 15 is 0 Å². The molecule has 0 atom stereocenters. The maximum absolute atomic E-state index is 10.1. The van der Waals surface area contributed by atoms with Crippen LogP contribution in [0.5, 0.6) is 11.5 Å². The topological polar surface area (TPSA) is 111 Å². The molecule has 7 nitrogen and oxygen atoms in total. The Morgan fingerprint density at radius 3 is 1.30 bits per heavy atom. The molecule has 0 fully saturated rings. The molecule has 2 aromatic carbocycles. The molecule has 0 spiro atoms. The molecule has 0 aliphatic carbocycles. The summed E-state index contributed by atoms with van der Waals surface area (Å²) >= 11 is 0. The van der Waals surface area contributed by atoms with Gasteiger partial charge < -0.3 is 34.3 Å². The quantitative estimate of drug-likeness (QED) is 0.580. The molecule has 0 heterocycles. The van der Waals surface area contributed by atoms with Crippen molar-refractivity contribution in [1.82, 2.24) is 4.90 Å². The average molecular weight is 461 g/mol. The predicted molar refractivity (Wildman–Crippen MR) is 97.0 cm³/mol. The van der Waals surface area contributed by atoms with Gasteiger partial charge in [-0.2, -0.15) is 0 Å². The van der Waals surface area contributed by atoms with Crippen LogP contribution in [0, 0.1) is 13.8 Å². The zero-order valence-corrected chi connectivity index (χ0v) is 17.8. The fourth-order valence-electron chi connectivity index (χ4n) is 1.46. The summed E-state index contributed by atoms with van der Waals surface area (Å²) in [5.74, 6) is 0.712. The van der Waals surface area contributed by atoms with Gasteiger partial charge in [-0.3, -0.25) is 0 Å². The van der Waals surface area contributed by atoms with Crippen LogP contribution in [-0.2, 0) is 19.5 Å². The Morgan fingerprint density at radius 2 is 1.04 bits per heavy atom. The Kier molecular flexibility index (Phi) is 16.1. The Bertz CT molecular complexity index is 543. The Morgan fingerprint density at radius 1 is 0.741 bits per heavy atom. The van der Waals surface area contributed by atoms with E-state index in [1.54, 1.807) is 48.5 Å². The van der Waals surface area contributed by atoms with Crippen LogP contribution in [0.1, 0.15) is 11.1 Å². The van der Waals surface area contributed by atoms with E-state index in [-0.39, 0.29) is 19.5 Å². The summed E-state index contributed by atoms with van der Waals surface area (Å²) in [7, 11) is 1.77. The molecule has 27 heavy (non-hydrogen) atoms. The Labute approximate surface area is 174 Å². The third kappa shape index (κ3) is 17.8. The zero-order chi connectivity index (χ0) is 20.1. The van der Waals surface area contributed by atoms with E-state index in [4.69, 9.17) is 5.02 Å². The largest absolute Gasteiger partial charge is 3.00 e. The molecule has 0 aliphatic heterocycles. The van der Waals surface area contributed by atoms with Crippen molar-refractivity contribution in [2.45, 2.75) is 13.8 Å². The van der Waals surface area contributed by atoms with Crippen LogP contribution in [0.15, 0.2) is 48.5 Å². The SMILES string of the molecule is CN(C)C.Cc1ccc(OB([O-])O)cc1.Cc1ccc(OB([O-])[O-])cc1.[Ru+3]. The van der Waals surface area contributed by atoms with Crippen molar-refractivity contribution < 1.29 is 48.9 Å². The van der Waals surface area contributed by atoms with E-state index in [1.807, 2.05) is 39.9 Å². The van der Waals surface area contributed by atoms with Gasteiger partial charge in [-0.1, -0.05) is 35.4 Å². The summed E-state index contributed by atoms with van der Waals surface area (Å²) in [4.78, 5) is 2.00. The van der Waals surface area contributed by atoms with Crippen molar-refractivity contribution in [3.63, 3.8) is 0 Å². The predicted octanol–water partition coefficient (Wildman–Crippen LogP) is -1.03. The van der Waals surface area contributed by atoms with E-state index in [9.17, 15) is 15.1 Å². The summed E-state index contributed by atoms with van der Waals surface area (Å²) in [6, 6.07) is 13.6. The molecular formula is C17H24B2NO6Ru. The van der Waals surface area contributed by atoms with E-state index < -0.39 is 14.6 Å². The van der Waals surface area contributed by atoms with Crippen LogP contribution >= 0.6 is 0 Å². The number of rotatable bonds is 4. The molecular weight excluding hydrogens is 437 g/mol. The molecule has 10 heteroatoms. The third-order valence-corrected chi connectivity index (χ3v) is 2.51. The van der Waals surface area contributed by atoms with E-state index in [2.05, 4.69) is 9.31 Å². The van der Waals surface area contributed by atoms with Gasteiger partial charge in [0.05, 0.1) is 11.5 Å². The molecule has 0 saturated heterocycles. The summed E-state index contributed by atoms with van der Waals surface area (Å²) in [6.07, 6.45) is 0. The van der Waals surface area contributed by atoms with Crippen LogP contribution < -0.4 is 24.4 Å². The fourth-order valence-corrected chi connectivity index (χ4v) is 1.46. The van der Waals surface area contributed by atoms with Gasteiger partial charge >= 0.3 is 26.8 Å². The van der Waals surface area contributed by atoms with Crippen LogP contribution in [0.3, 0.4) is 0 Å². The van der Waals surface area contributed by atoms with Gasteiger partial charge in [-0.15, -0.1) is 0 Å². The molecule has 0 bridgehead atoms. The second-order valence-electron chi connectivity index (χ2n) is 5.80.